The number of rotatable bonds is 5. The van der Waals surface area contributed by atoms with Crippen molar-refractivity contribution in [3.05, 3.63) is 65.7 Å². The Bertz CT molecular complexity index is 890. The average Bonchev–Trinajstić information content (AvgIpc) is 2.73. The number of thioether (sulfide) groups is 1. The summed E-state index contributed by atoms with van der Waals surface area (Å²) < 4.78 is 5.24. The molecule has 0 aliphatic carbocycles. The molecule has 0 saturated carbocycles. The summed E-state index contributed by atoms with van der Waals surface area (Å²) in [6.07, 6.45) is 4.41. The predicted molar refractivity (Wildman–Crippen MR) is 118 cm³/mol. The molecule has 0 unspecified atom stereocenters. The molecule has 2 aromatic carbocycles. The predicted octanol–water partition coefficient (Wildman–Crippen LogP) is 5.49. The van der Waals surface area contributed by atoms with Crippen molar-refractivity contribution >= 4 is 34.6 Å². The Hall–Kier alpha value is -2.53. The molecule has 1 aliphatic heterocycles. The molecule has 4 nitrogen and oxygen atoms in total. The van der Waals surface area contributed by atoms with Gasteiger partial charge in [-0.2, -0.15) is 0 Å². The lowest BCUT2D eigenvalue weighted by Gasteiger charge is -2.27. The molecule has 0 spiro atoms. The van der Waals surface area contributed by atoms with E-state index in [1.54, 1.807) is 29.8 Å². The van der Waals surface area contributed by atoms with Gasteiger partial charge in [0.25, 0.3) is 5.91 Å². The van der Waals surface area contributed by atoms with Crippen LogP contribution < -0.4 is 4.74 Å². The zero-order valence-corrected chi connectivity index (χ0v) is 17.4. The number of hydrogen-bond acceptors (Lipinski definition) is 4. The minimum Gasteiger partial charge on any atom is -0.497 e. The number of hydrogen-bond donors (Lipinski definition) is 0. The van der Waals surface area contributed by atoms with Crippen molar-refractivity contribution in [2.45, 2.75) is 26.2 Å². The summed E-state index contributed by atoms with van der Waals surface area (Å²) in [6.45, 7) is 5.01. The van der Waals surface area contributed by atoms with Crippen LogP contribution in [0.4, 0.5) is 5.69 Å². The van der Waals surface area contributed by atoms with Crippen molar-refractivity contribution in [2.75, 3.05) is 19.4 Å². The Morgan fingerprint density at radius 3 is 2.82 bits per heavy atom. The van der Waals surface area contributed by atoms with Crippen LogP contribution in [-0.4, -0.2) is 35.4 Å². The fourth-order valence-electron chi connectivity index (χ4n) is 3.04. The van der Waals surface area contributed by atoms with Crippen LogP contribution in [0.5, 0.6) is 5.75 Å². The van der Waals surface area contributed by atoms with Crippen LogP contribution in [0.1, 0.15) is 37.3 Å². The van der Waals surface area contributed by atoms with Crippen LogP contribution in [-0.2, 0) is 4.79 Å². The number of aliphatic imine (C=N–C) groups is 1. The van der Waals surface area contributed by atoms with Gasteiger partial charge in [-0.05, 0) is 47.7 Å². The Labute approximate surface area is 171 Å². The molecule has 0 atom stereocenters. The molecule has 0 aromatic heterocycles. The molecule has 1 fully saturated rings. The monoisotopic (exact) mass is 394 g/mol. The number of ether oxygens (including phenoxy) is 1. The van der Waals surface area contributed by atoms with Crippen LogP contribution >= 0.6 is 11.8 Å². The van der Waals surface area contributed by atoms with Gasteiger partial charge in [-0.25, -0.2) is 4.99 Å². The Morgan fingerprint density at radius 2 is 2.04 bits per heavy atom. The molecular formula is C23H26N2O2S. The van der Waals surface area contributed by atoms with Crippen LogP contribution in [0.15, 0.2) is 59.6 Å². The van der Waals surface area contributed by atoms with E-state index in [0.717, 1.165) is 34.3 Å². The number of amides is 1. The first kappa shape index (κ1) is 20.2. The molecule has 28 heavy (non-hydrogen) atoms. The topological polar surface area (TPSA) is 41.9 Å². The molecule has 1 aliphatic rings. The van der Waals surface area contributed by atoms with Crippen molar-refractivity contribution in [1.82, 2.24) is 4.90 Å². The van der Waals surface area contributed by atoms with E-state index < -0.39 is 0 Å². The number of para-hydroxylation sites is 1. The first-order chi connectivity index (χ1) is 13.6. The second kappa shape index (κ2) is 9.60. The highest BCUT2D eigenvalue weighted by Crippen LogP contribution is 2.29. The molecule has 1 saturated heterocycles. The van der Waals surface area contributed by atoms with Crippen molar-refractivity contribution in [3.63, 3.8) is 0 Å². The fraction of sp³-hybridized carbons (Fsp3) is 0.304. The number of benzene rings is 2. The third-order valence-electron chi connectivity index (χ3n) is 4.54. The van der Waals surface area contributed by atoms with Crippen LogP contribution in [0.3, 0.4) is 0 Å². The third-order valence-corrected chi connectivity index (χ3v) is 5.60. The third kappa shape index (κ3) is 5.04. The van der Waals surface area contributed by atoms with Crippen molar-refractivity contribution in [1.29, 1.82) is 0 Å². The quantitative estimate of drug-likeness (QED) is 0.630. The van der Waals surface area contributed by atoms with Gasteiger partial charge in [-0.1, -0.05) is 55.9 Å². The molecule has 5 heteroatoms. The van der Waals surface area contributed by atoms with Gasteiger partial charge in [0.15, 0.2) is 5.17 Å². The number of carbonyl (C=O) groups is 1. The van der Waals surface area contributed by atoms with Gasteiger partial charge in [0.05, 0.1) is 12.8 Å². The summed E-state index contributed by atoms with van der Waals surface area (Å²) in [4.78, 5) is 19.5. The maximum absolute atomic E-state index is 12.9. The summed E-state index contributed by atoms with van der Waals surface area (Å²) in [7, 11) is 1.64. The van der Waals surface area contributed by atoms with Crippen LogP contribution in [0, 0.1) is 0 Å². The molecule has 0 N–H and O–H groups in total. The van der Waals surface area contributed by atoms with Gasteiger partial charge in [0.2, 0.25) is 0 Å². The van der Waals surface area contributed by atoms with Crippen LogP contribution in [0.2, 0.25) is 0 Å². The van der Waals surface area contributed by atoms with Crippen molar-refractivity contribution in [3.8, 4) is 5.75 Å². The zero-order chi connectivity index (χ0) is 19.9. The zero-order valence-electron chi connectivity index (χ0n) is 16.6. The van der Waals surface area contributed by atoms with Gasteiger partial charge in [0.1, 0.15) is 5.75 Å². The second-order valence-electron chi connectivity index (χ2n) is 6.91. The first-order valence-corrected chi connectivity index (χ1v) is 10.5. The fourth-order valence-corrected chi connectivity index (χ4v) is 4.00. The SMILES string of the molecule is COc1cccc(/C=C/C(=O)N2CCCSC2=Nc2ccccc2C(C)C)c1. The standard InChI is InChI=1S/C23H26N2O2S/c1-17(2)20-10-4-5-11-21(20)24-23-25(14-7-15-28-23)22(26)13-12-18-8-6-9-19(16-18)27-3/h4-6,8-13,16-17H,7,14-15H2,1-3H3/b13-12+,24-23?. The summed E-state index contributed by atoms with van der Waals surface area (Å²) >= 11 is 1.64. The molecule has 1 amide bonds. The summed E-state index contributed by atoms with van der Waals surface area (Å²) in [5, 5.41) is 0.777. The lowest BCUT2D eigenvalue weighted by molar-refractivity contribution is -0.122. The largest absolute Gasteiger partial charge is 0.497 e. The Balaban J connectivity index is 1.83. The molecule has 0 bridgehead atoms. The smallest absolute Gasteiger partial charge is 0.252 e. The average molecular weight is 395 g/mol. The second-order valence-corrected chi connectivity index (χ2v) is 7.97. The van der Waals surface area contributed by atoms with Gasteiger partial charge < -0.3 is 4.74 Å². The van der Waals surface area contributed by atoms with Gasteiger partial charge >= 0.3 is 0 Å². The van der Waals surface area contributed by atoms with Crippen molar-refractivity contribution < 1.29 is 9.53 Å². The Morgan fingerprint density at radius 1 is 1.21 bits per heavy atom. The number of carbonyl (C=O) groups excluding carboxylic acids is 1. The van der Waals surface area contributed by atoms with E-state index in [2.05, 4.69) is 19.9 Å². The molecule has 146 valence electrons. The number of nitrogens with zero attached hydrogens (tertiary/aromatic N) is 2. The van der Waals surface area contributed by atoms with E-state index >= 15 is 0 Å². The highest BCUT2D eigenvalue weighted by atomic mass is 32.2. The minimum absolute atomic E-state index is 0.0456. The van der Waals surface area contributed by atoms with E-state index in [1.165, 1.54) is 5.56 Å². The molecule has 3 rings (SSSR count). The van der Waals surface area contributed by atoms with E-state index in [4.69, 9.17) is 9.73 Å². The molecular weight excluding hydrogens is 368 g/mol. The molecule has 2 aromatic rings. The van der Waals surface area contributed by atoms with E-state index in [0.29, 0.717) is 12.5 Å². The lowest BCUT2D eigenvalue weighted by Crippen LogP contribution is -2.38. The number of methoxy groups -OCH3 is 1. The van der Waals surface area contributed by atoms with Gasteiger partial charge in [-0.15, -0.1) is 0 Å². The normalized spacial score (nSPS) is 16.1. The van der Waals surface area contributed by atoms with E-state index in [1.807, 2.05) is 48.5 Å². The first-order valence-electron chi connectivity index (χ1n) is 9.52. The minimum atomic E-state index is -0.0456. The highest BCUT2D eigenvalue weighted by molar-refractivity contribution is 8.13. The van der Waals surface area contributed by atoms with Gasteiger partial charge in [0, 0.05) is 18.4 Å². The Kier molecular flexibility index (Phi) is 6.93. The van der Waals surface area contributed by atoms with Crippen LogP contribution in [0.25, 0.3) is 6.08 Å². The van der Waals surface area contributed by atoms with Gasteiger partial charge in [-0.3, -0.25) is 9.69 Å². The molecule has 1 heterocycles. The maximum Gasteiger partial charge on any atom is 0.252 e. The van der Waals surface area contributed by atoms with E-state index in [9.17, 15) is 4.79 Å². The molecule has 0 radical (unpaired) electrons. The summed E-state index contributed by atoms with van der Waals surface area (Å²) in [6, 6.07) is 15.8. The lowest BCUT2D eigenvalue weighted by atomic mass is 10.0. The maximum atomic E-state index is 12.9. The summed E-state index contributed by atoms with van der Waals surface area (Å²) in [5.74, 6) is 2.09. The van der Waals surface area contributed by atoms with Crippen molar-refractivity contribution in [2.24, 2.45) is 4.99 Å². The highest BCUT2D eigenvalue weighted by Gasteiger charge is 2.22. The number of amidine groups is 1. The van der Waals surface area contributed by atoms with E-state index in [-0.39, 0.29) is 5.91 Å². The summed E-state index contributed by atoms with van der Waals surface area (Å²) in [5.41, 5.74) is 3.07.